The summed E-state index contributed by atoms with van der Waals surface area (Å²) in [6.45, 7) is 1.82. The molecular weight excluding hydrogens is 371 g/mol. The van der Waals surface area contributed by atoms with Gasteiger partial charge >= 0.3 is 0 Å². The highest BCUT2D eigenvalue weighted by molar-refractivity contribution is 7.15. The van der Waals surface area contributed by atoms with E-state index in [2.05, 4.69) is 15.3 Å². The number of imidazole rings is 1. The summed E-state index contributed by atoms with van der Waals surface area (Å²) < 4.78 is 15.6. The Labute approximate surface area is 156 Å². The molecule has 0 unspecified atom stereocenters. The molecule has 3 heterocycles. The number of hydrogen-bond acceptors (Lipinski definition) is 5. The van der Waals surface area contributed by atoms with Crippen LogP contribution in [0.3, 0.4) is 0 Å². The first kappa shape index (κ1) is 16.6. The minimum absolute atomic E-state index is 0.0173. The second-order valence-electron chi connectivity index (χ2n) is 5.45. The third kappa shape index (κ3) is 3.04. The number of carbonyl (C=O) groups excluding carboxylic acids is 1. The number of nitrogens with zero attached hydrogens (tertiary/aromatic N) is 3. The number of anilines is 1. The van der Waals surface area contributed by atoms with Crippen molar-refractivity contribution >= 4 is 34.4 Å². The van der Waals surface area contributed by atoms with Crippen LogP contribution in [-0.2, 0) is 0 Å². The van der Waals surface area contributed by atoms with E-state index in [0.717, 1.165) is 10.6 Å². The van der Waals surface area contributed by atoms with Gasteiger partial charge in [0, 0.05) is 5.38 Å². The minimum atomic E-state index is -0.568. The van der Waals surface area contributed by atoms with Crippen LogP contribution in [0, 0.1) is 12.7 Å². The highest BCUT2D eigenvalue weighted by Gasteiger charge is 2.17. The van der Waals surface area contributed by atoms with Gasteiger partial charge in [-0.25, -0.2) is 14.4 Å². The molecule has 0 spiro atoms. The summed E-state index contributed by atoms with van der Waals surface area (Å²) in [6, 6.07) is 9.84. The Bertz CT molecular complexity index is 1070. The van der Waals surface area contributed by atoms with Crippen LogP contribution in [0.25, 0.3) is 15.7 Å². The number of thiophene rings is 1. The topological polar surface area (TPSA) is 59.8 Å². The highest BCUT2D eigenvalue weighted by Crippen LogP contribution is 2.30. The molecular formula is C18H13FN4OS2. The fourth-order valence-electron chi connectivity index (χ4n) is 2.51. The number of carbonyl (C=O) groups is 1. The molecule has 4 aromatic rings. The lowest BCUT2D eigenvalue weighted by Crippen LogP contribution is -2.16. The molecule has 8 heteroatoms. The van der Waals surface area contributed by atoms with Crippen LogP contribution < -0.4 is 5.32 Å². The van der Waals surface area contributed by atoms with Gasteiger partial charge in [0.05, 0.1) is 22.3 Å². The van der Waals surface area contributed by atoms with Gasteiger partial charge in [-0.05, 0) is 30.5 Å². The average molecular weight is 384 g/mol. The molecule has 0 aliphatic carbocycles. The van der Waals surface area contributed by atoms with Crippen LogP contribution in [0.4, 0.5) is 10.2 Å². The number of aromatic nitrogens is 3. The van der Waals surface area contributed by atoms with Crippen molar-refractivity contribution < 1.29 is 9.18 Å². The number of amides is 1. The number of nitrogens with one attached hydrogen (secondary N) is 1. The van der Waals surface area contributed by atoms with Gasteiger partial charge in [0.25, 0.3) is 5.91 Å². The molecule has 3 aromatic heterocycles. The molecule has 1 aromatic carbocycles. The Morgan fingerprint density at radius 1 is 1.19 bits per heavy atom. The fraction of sp³-hybridized carbons (Fsp3) is 0.0556. The van der Waals surface area contributed by atoms with Crippen LogP contribution in [-0.4, -0.2) is 20.4 Å². The standard InChI is InChI=1S/C18H13FN4OS2/c1-11-20-9-16(22-17(24)12-5-2-3-6-13(12)19)23(11)18-21-14(10-26-18)15-7-4-8-25-15/h2-10H,1H3,(H,22,24). The molecule has 4 rings (SSSR count). The maximum atomic E-state index is 13.8. The molecule has 1 N–H and O–H groups in total. The van der Waals surface area contributed by atoms with Crippen LogP contribution in [0.15, 0.2) is 53.4 Å². The van der Waals surface area contributed by atoms with Gasteiger partial charge in [0.15, 0.2) is 5.13 Å². The van der Waals surface area contributed by atoms with Crippen molar-refractivity contribution in [3.05, 3.63) is 70.6 Å². The zero-order valence-corrected chi connectivity index (χ0v) is 15.3. The minimum Gasteiger partial charge on any atom is -0.306 e. The first-order valence-corrected chi connectivity index (χ1v) is 9.49. The van der Waals surface area contributed by atoms with Gasteiger partial charge in [-0.1, -0.05) is 18.2 Å². The Balaban J connectivity index is 1.66. The number of hydrogen-bond donors (Lipinski definition) is 1. The largest absolute Gasteiger partial charge is 0.306 e. The monoisotopic (exact) mass is 384 g/mol. The molecule has 0 saturated carbocycles. The third-order valence-electron chi connectivity index (χ3n) is 3.76. The first-order valence-electron chi connectivity index (χ1n) is 7.73. The van der Waals surface area contributed by atoms with E-state index < -0.39 is 11.7 Å². The molecule has 0 aliphatic heterocycles. The van der Waals surface area contributed by atoms with Crippen LogP contribution >= 0.6 is 22.7 Å². The van der Waals surface area contributed by atoms with Crippen molar-refractivity contribution in [3.8, 4) is 15.7 Å². The van der Waals surface area contributed by atoms with E-state index in [9.17, 15) is 9.18 Å². The molecule has 0 aliphatic rings. The maximum Gasteiger partial charge on any atom is 0.259 e. The number of thiazole rings is 1. The summed E-state index contributed by atoms with van der Waals surface area (Å²) in [4.78, 5) is 22.4. The van der Waals surface area contributed by atoms with Gasteiger partial charge in [-0.2, -0.15) is 0 Å². The van der Waals surface area contributed by atoms with E-state index in [-0.39, 0.29) is 5.56 Å². The zero-order valence-electron chi connectivity index (χ0n) is 13.6. The molecule has 0 bridgehead atoms. The van der Waals surface area contributed by atoms with E-state index in [1.807, 2.05) is 29.8 Å². The number of halogens is 1. The summed E-state index contributed by atoms with van der Waals surface area (Å²) >= 11 is 3.07. The molecule has 5 nitrogen and oxygen atoms in total. The lowest BCUT2D eigenvalue weighted by Gasteiger charge is -2.09. The SMILES string of the molecule is Cc1ncc(NC(=O)c2ccccc2F)n1-c1nc(-c2cccs2)cs1. The molecule has 0 fully saturated rings. The van der Waals surface area contributed by atoms with Gasteiger partial charge in [-0.15, -0.1) is 22.7 Å². The number of aryl methyl sites for hydroxylation is 1. The van der Waals surface area contributed by atoms with E-state index >= 15 is 0 Å². The molecule has 0 atom stereocenters. The van der Waals surface area contributed by atoms with E-state index in [1.165, 1.54) is 23.5 Å². The summed E-state index contributed by atoms with van der Waals surface area (Å²) in [5.41, 5.74) is 0.857. The summed E-state index contributed by atoms with van der Waals surface area (Å²) in [5, 5.41) is 7.37. The van der Waals surface area contributed by atoms with Gasteiger partial charge in [0.1, 0.15) is 17.5 Å². The number of benzene rings is 1. The van der Waals surface area contributed by atoms with Crippen LogP contribution in [0.5, 0.6) is 0 Å². The highest BCUT2D eigenvalue weighted by atomic mass is 32.1. The smallest absolute Gasteiger partial charge is 0.259 e. The van der Waals surface area contributed by atoms with E-state index in [1.54, 1.807) is 34.2 Å². The Morgan fingerprint density at radius 2 is 2.04 bits per heavy atom. The Kier molecular flexibility index (Phi) is 4.36. The zero-order chi connectivity index (χ0) is 18.1. The molecule has 0 saturated heterocycles. The first-order chi connectivity index (χ1) is 12.6. The summed E-state index contributed by atoms with van der Waals surface area (Å²) in [5.74, 6) is 0.0325. The van der Waals surface area contributed by atoms with Crippen molar-refractivity contribution in [3.63, 3.8) is 0 Å². The molecule has 26 heavy (non-hydrogen) atoms. The average Bonchev–Trinajstić information content (AvgIpc) is 3.36. The normalized spacial score (nSPS) is 10.8. The Morgan fingerprint density at radius 3 is 2.81 bits per heavy atom. The number of rotatable bonds is 4. The van der Waals surface area contributed by atoms with Gasteiger partial charge < -0.3 is 5.32 Å². The lowest BCUT2D eigenvalue weighted by molar-refractivity contribution is 0.102. The summed E-state index contributed by atoms with van der Waals surface area (Å²) in [6.07, 6.45) is 1.54. The van der Waals surface area contributed by atoms with E-state index in [0.29, 0.717) is 16.8 Å². The van der Waals surface area contributed by atoms with Crippen molar-refractivity contribution in [2.45, 2.75) is 6.92 Å². The quantitative estimate of drug-likeness (QED) is 0.552. The maximum absolute atomic E-state index is 13.8. The van der Waals surface area contributed by atoms with Gasteiger partial charge in [-0.3, -0.25) is 9.36 Å². The summed E-state index contributed by atoms with van der Waals surface area (Å²) in [7, 11) is 0. The second kappa shape index (κ2) is 6.81. The third-order valence-corrected chi connectivity index (χ3v) is 5.47. The van der Waals surface area contributed by atoms with Crippen LogP contribution in [0.2, 0.25) is 0 Å². The molecule has 130 valence electrons. The second-order valence-corrected chi connectivity index (χ2v) is 7.24. The predicted octanol–water partition coefficient (Wildman–Crippen LogP) is 4.76. The van der Waals surface area contributed by atoms with Crippen LogP contribution in [0.1, 0.15) is 16.2 Å². The fourth-order valence-corrected chi connectivity index (χ4v) is 4.15. The molecule has 1 amide bonds. The van der Waals surface area contributed by atoms with Crippen molar-refractivity contribution in [1.82, 2.24) is 14.5 Å². The van der Waals surface area contributed by atoms with Crippen molar-refractivity contribution in [2.24, 2.45) is 0 Å². The lowest BCUT2D eigenvalue weighted by atomic mass is 10.2. The molecule has 0 radical (unpaired) electrons. The van der Waals surface area contributed by atoms with Gasteiger partial charge in [0.2, 0.25) is 0 Å². The van der Waals surface area contributed by atoms with E-state index in [4.69, 9.17) is 0 Å². The van der Waals surface area contributed by atoms with Crippen molar-refractivity contribution in [1.29, 1.82) is 0 Å². The van der Waals surface area contributed by atoms with Crippen molar-refractivity contribution in [2.75, 3.05) is 5.32 Å². The Hall–Kier alpha value is -2.84. The predicted molar refractivity (Wildman–Crippen MR) is 102 cm³/mol.